The van der Waals surface area contributed by atoms with Gasteiger partial charge in [0.1, 0.15) is 24.1 Å². The average molecular weight is 367 g/mol. The third-order valence-electron chi connectivity index (χ3n) is 4.97. The maximum absolute atomic E-state index is 13.0. The topological polar surface area (TPSA) is 58.3 Å². The predicted molar refractivity (Wildman–Crippen MR) is 87.3 cm³/mol. The molecule has 0 spiro atoms. The minimum atomic E-state index is -4.45. The van der Waals surface area contributed by atoms with Crippen LogP contribution in [-0.4, -0.2) is 45.0 Å². The van der Waals surface area contributed by atoms with Crippen LogP contribution in [0, 0.1) is 0 Å². The summed E-state index contributed by atoms with van der Waals surface area (Å²) >= 11 is 0. The Hall–Kier alpha value is -2.16. The summed E-state index contributed by atoms with van der Waals surface area (Å²) in [6, 6.07) is 1.57. The van der Waals surface area contributed by atoms with E-state index >= 15 is 0 Å². The van der Waals surface area contributed by atoms with Crippen molar-refractivity contribution in [3.63, 3.8) is 0 Å². The van der Waals surface area contributed by atoms with E-state index in [2.05, 4.69) is 24.8 Å². The summed E-state index contributed by atoms with van der Waals surface area (Å²) in [6.45, 7) is 2.48. The first-order valence-electron chi connectivity index (χ1n) is 8.78. The van der Waals surface area contributed by atoms with Gasteiger partial charge < -0.3 is 9.32 Å². The van der Waals surface area contributed by atoms with E-state index in [1.54, 1.807) is 6.26 Å². The van der Waals surface area contributed by atoms with Crippen LogP contribution in [0.4, 0.5) is 19.0 Å². The Morgan fingerprint density at radius 1 is 1.08 bits per heavy atom. The average Bonchev–Trinajstić information content (AvgIpc) is 3.32. The molecule has 2 aromatic rings. The van der Waals surface area contributed by atoms with Gasteiger partial charge >= 0.3 is 6.18 Å². The molecule has 26 heavy (non-hydrogen) atoms. The van der Waals surface area contributed by atoms with Crippen LogP contribution in [0.3, 0.4) is 0 Å². The third kappa shape index (κ3) is 3.82. The number of likely N-dealkylation sites (tertiary alicyclic amines) is 1. The molecule has 6 nitrogen and oxygen atoms in total. The molecule has 140 valence electrons. The van der Waals surface area contributed by atoms with Crippen LogP contribution in [0.25, 0.3) is 0 Å². The summed E-state index contributed by atoms with van der Waals surface area (Å²) < 4.78 is 44.0. The lowest BCUT2D eigenvalue weighted by molar-refractivity contribution is -0.141. The molecule has 2 aromatic heterocycles. The molecule has 3 heterocycles. The molecule has 0 unspecified atom stereocenters. The summed E-state index contributed by atoms with van der Waals surface area (Å²) in [5.74, 6) is 0.393. The van der Waals surface area contributed by atoms with Crippen LogP contribution in [0.5, 0.6) is 0 Å². The number of hydrogen-bond donors (Lipinski definition) is 0. The number of hydrogen-bond acceptors (Lipinski definition) is 6. The molecule has 0 atom stereocenters. The normalized spacial score (nSPS) is 19.7. The van der Waals surface area contributed by atoms with Gasteiger partial charge in [-0.15, -0.1) is 0 Å². The Kier molecular flexibility index (Phi) is 4.56. The zero-order chi connectivity index (χ0) is 18.1. The van der Waals surface area contributed by atoms with Crippen LogP contribution >= 0.6 is 0 Å². The highest BCUT2D eigenvalue weighted by molar-refractivity contribution is 5.44. The van der Waals surface area contributed by atoms with E-state index in [4.69, 9.17) is 4.42 Å². The Morgan fingerprint density at radius 3 is 2.42 bits per heavy atom. The highest BCUT2D eigenvalue weighted by Crippen LogP contribution is 2.37. The maximum Gasteiger partial charge on any atom is 0.433 e. The number of anilines is 1. The summed E-state index contributed by atoms with van der Waals surface area (Å²) in [6.07, 6.45) is 3.42. The zero-order valence-corrected chi connectivity index (χ0v) is 14.2. The fourth-order valence-corrected chi connectivity index (χ4v) is 3.57. The van der Waals surface area contributed by atoms with Gasteiger partial charge in [0.15, 0.2) is 6.39 Å². The first-order valence-corrected chi connectivity index (χ1v) is 8.78. The number of aromatic nitrogens is 3. The summed E-state index contributed by atoms with van der Waals surface area (Å²) in [5, 5.41) is 0. The molecule has 1 saturated heterocycles. The second kappa shape index (κ2) is 6.86. The molecule has 4 rings (SSSR count). The van der Waals surface area contributed by atoms with Gasteiger partial charge in [0.25, 0.3) is 0 Å². The Bertz CT molecular complexity index is 724. The summed E-state index contributed by atoms with van der Waals surface area (Å²) in [7, 11) is 0. The number of piperidine rings is 1. The SMILES string of the molecule is FC(F)(F)c1cc(N(C2CC2)C2CCN(Cc3cocn3)CC2)ncn1. The van der Waals surface area contributed by atoms with Crippen molar-refractivity contribution in [2.24, 2.45) is 0 Å². The number of nitrogens with zero attached hydrogens (tertiary/aromatic N) is 5. The van der Waals surface area contributed by atoms with Crippen molar-refractivity contribution in [1.29, 1.82) is 0 Å². The van der Waals surface area contributed by atoms with Crippen molar-refractivity contribution in [3.8, 4) is 0 Å². The van der Waals surface area contributed by atoms with Crippen LogP contribution in [0.15, 0.2) is 29.5 Å². The molecule has 0 bridgehead atoms. The van der Waals surface area contributed by atoms with E-state index in [0.717, 1.165) is 63.4 Å². The minimum absolute atomic E-state index is 0.201. The molecule has 9 heteroatoms. The molecular weight excluding hydrogens is 347 g/mol. The van der Waals surface area contributed by atoms with E-state index in [1.807, 2.05) is 0 Å². The lowest BCUT2D eigenvalue weighted by Gasteiger charge is -2.39. The summed E-state index contributed by atoms with van der Waals surface area (Å²) in [4.78, 5) is 16.1. The van der Waals surface area contributed by atoms with E-state index in [-0.39, 0.29) is 12.1 Å². The fourth-order valence-electron chi connectivity index (χ4n) is 3.57. The van der Waals surface area contributed by atoms with Crippen molar-refractivity contribution in [2.45, 2.75) is 50.5 Å². The predicted octanol–water partition coefficient (Wildman–Crippen LogP) is 3.12. The summed E-state index contributed by atoms with van der Waals surface area (Å²) in [5.41, 5.74) is 0.0183. The largest absolute Gasteiger partial charge is 0.451 e. The van der Waals surface area contributed by atoms with Gasteiger partial charge in [-0.25, -0.2) is 15.0 Å². The molecule has 0 aromatic carbocycles. The second-order valence-electron chi connectivity index (χ2n) is 6.88. The van der Waals surface area contributed by atoms with E-state index in [1.165, 1.54) is 6.39 Å². The number of oxazole rings is 1. The van der Waals surface area contributed by atoms with Crippen LogP contribution < -0.4 is 4.90 Å². The first kappa shape index (κ1) is 17.3. The van der Waals surface area contributed by atoms with Crippen molar-refractivity contribution in [3.05, 3.63) is 36.4 Å². The van der Waals surface area contributed by atoms with Gasteiger partial charge in [0.2, 0.25) is 0 Å². The highest BCUT2D eigenvalue weighted by atomic mass is 19.4. The first-order chi connectivity index (χ1) is 12.5. The molecule has 1 aliphatic carbocycles. The molecule has 1 aliphatic heterocycles. The lowest BCUT2D eigenvalue weighted by atomic mass is 10.0. The monoisotopic (exact) mass is 367 g/mol. The van der Waals surface area contributed by atoms with Crippen molar-refractivity contribution in [1.82, 2.24) is 19.9 Å². The van der Waals surface area contributed by atoms with Crippen LogP contribution in [-0.2, 0) is 12.7 Å². The van der Waals surface area contributed by atoms with E-state index in [9.17, 15) is 13.2 Å². The smallest absolute Gasteiger partial charge is 0.433 e. The van der Waals surface area contributed by atoms with Crippen LogP contribution in [0.1, 0.15) is 37.1 Å². The number of rotatable bonds is 5. The molecule has 0 radical (unpaired) electrons. The number of halogens is 3. The quantitative estimate of drug-likeness (QED) is 0.809. The standard InChI is InChI=1S/C17H20F3N5O/c18-17(19,20)15-7-16(22-10-21-15)25(13-1-2-13)14-3-5-24(6-4-14)8-12-9-26-11-23-12/h7,9-11,13-14H,1-6,8H2. The molecular formula is C17H20F3N5O. The molecule has 2 aliphatic rings. The van der Waals surface area contributed by atoms with Gasteiger partial charge in [0.05, 0.1) is 5.69 Å². The molecule has 0 amide bonds. The van der Waals surface area contributed by atoms with Crippen molar-refractivity contribution >= 4 is 5.82 Å². The molecule has 0 N–H and O–H groups in total. The van der Waals surface area contributed by atoms with Gasteiger partial charge in [-0.3, -0.25) is 4.90 Å². The van der Waals surface area contributed by atoms with Gasteiger partial charge in [-0.2, -0.15) is 13.2 Å². The molecule has 2 fully saturated rings. The maximum atomic E-state index is 13.0. The third-order valence-corrected chi connectivity index (χ3v) is 4.97. The number of alkyl halides is 3. The lowest BCUT2D eigenvalue weighted by Crippen LogP contribution is -2.46. The Labute approximate surface area is 149 Å². The molecule has 1 saturated carbocycles. The Morgan fingerprint density at radius 2 is 1.81 bits per heavy atom. The minimum Gasteiger partial charge on any atom is -0.451 e. The van der Waals surface area contributed by atoms with E-state index in [0.29, 0.717) is 5.82 Å². The highest BCUT2D eigenvalue weighted by Gasteiger charge is 2.38. The second-order valence-corrected chi connectivity index (χ2v) is 6.88. The Balaban J connectivity index is 1.45. The van der Waals surface area contributed by atoms with Gasteiger partial charge in [-0.1, -0.05) is 0 Å². The van der Waals surface area contributed by atoms with Crippen LogP contribution in [0.2, 0.25) is 0 Å². The van der Waals surface area contributed by atoms with E-state index < -0.39 is 11.9 Å². The van der Waals surface area contributed by atoms with Crippen molar-refractivity contribution < 1.29 is 17.6 Å². The van der Waals surface area contributed by atoms with Gasteiger partial charge in [0, 0.05) is 37.8 Å². The van der Waals surface area contributed by atoms with Crippen molar-refractivity contribution in [2.75, 3.05) is 18.0 Å². The van der Waals surface area contributed by atoms with Gasteiger partial charge in [-0.05, 0) is 25.7 Å². The zero-order valence-electron chi connectivity index (χ0n) is 14.2. The fraction of sp³-hybridized carbons (Fsp3) is 0.588.